The van der Waals surface area contributed by atoms with Crippen LogP contribution in [0.5, 0.6) is 0 Å². The van der Waals surface area contributed by atoms with Crippen molar-refractivity contribution in [1.82, 2.24) is 10.2 Å². The van der Waals surface area contributed by atoms with Crippen LogP contribution in [0.25, 0.3) is 0 Å². The summed E-state index contributed by atoms with van der Waals surface area (Å²) in [6, 6.07) is 0. The van der Waals surface area contributed by atoms with Gasteiger partial charge in [-0.15, -0.1) is 0 Å². The highest BCUT2D eigenvalue weighted by Gasteiger charge is 2.15. The maximum absolute atomic E-state index is 12.8. The van der Waals surface area contributed by atoms with Gasteiger partial charge in [-0.05, 0) is 70.2 Å². The first-order valence-corrected chi connectivity index (χ1v) is 23.2. The molecule has 52 heavy (non-hydrogen) atoms. The van der Waals surface area contributed by atoms with E-state index in [2.05, 4.69) is 56.1 Å². The third kappa shape index (κ3) is 38.4. The van der Waals surface area contributed by atoms with Crippen molar-refractivity contribution in [3.05, 3.63) is 24.4 Å². The molecule has 0 spiro atoms. The zero-order valence-corrected chi connectivity index (χ0v) is 35.6. The Labute approximate surface area is 326 Å². The molecule has 0 aromatic rings. The number of hydrogen-bond acceptors (Lipinski definition) is 5. The van der Waals surface area contributed by atoms with Gasteiger partial charge in [0, 0.05) is 26.1 Å². The van der Waals surface area contributed by atoms with Crippen LogP contribution >= 0.6 is 0 Å². The molecular weight excluding hydrogens is 641 g/mol. The van der Waals surface area contributed by atoms with Crippen molar-refractivity contribution < 1.29 is 14.6 Å². The lowest BCUT2D eigenvalue weighted by molar-refractivity contribution is -0.150. The second-order valence-corrected chi connectivity index (χ2v) is 15.8. The van der Waals surface area contributed by atoms with Crippen LogP contribution in [0.3, 0.4) is 0 Å². The topological polar surface area (TPSA) is 61.8 Å². The fraction of sp³-hybridized carbons (Fsp3) is 0.894. The monoisotopic (exact) mass is 733 g/mol. The van der Waals surface area contributed by atoms with Gasteiger partial charge in [-0.2, -0.15) is 0 Å². The van der Waals surface area contributed by atoms with Crippen molar-refractivity contribution in [2.75, 3.05) is 26.2 Å². The fourth-order valence-electron chi connectivity index (χ4n) is 7.14. The van der Waals surface area contributed by atoms with Crippen molar-refractivity contribution >= 4 is 5.97 Å². The number of nitrogens with zero attached hydrogens (tertiary/aromatic N) is 1. The van der Waals surface area contributed by atoms with Crippen LogP contribution in [0.2, 0.25) is 0 Å². The number of ether oxygens (including phenoxy) is 1. The van der Waals surface area contributed by atoms with Gasteiger partial charge >= 0.3 is 5.97 Å². The fourth-order valence-corrected chi connectivity index (χ4v) is 7.14. The molecule has 0 bridgehead atoms. The van der Waals surface area contributed by atoms with Gasteiger partial charge in [-0.1, -0.05) is 188 Å². The normalized spacial score (nSPS) is 12.6. The van der Waals surface area contributed by atoms with E-state index in [1.54, 1.807) is 0 Å². The summed E-state index contributed by atoms with van der Waals surface area (Å²) in [4.78, 5) is 15.3. The standard InChI is InChI=1S/C47H92N2O3/c1-5-9-13-17-20-21-22-23-25-30-36-45(50)44-49(43-41-48-40-34-16-12-8-4)42-35-29-24-28-33-39-47(51)52-46(37-31-26-18-14-10-6-2)38-32-27-19-15-11-7-3/h12,16,34,40,45-46,48,50H,5-11,13-15,17-33,35-39,41-44H2,1-4H3/b16-12+,40-34-. The Hall–Kier alpha value is -1.33. The van der Waals surface area contributed by atoms with E-state index in [-0.39, 0.29) is 18.2 Å². The highest BCUT2D eigenvalue weighted by molar-refractivity contribution is 5.69. The predicted molar refractivity (Wildman–Crippen MR) is 229 cm³/mol. The highest BCUT2D eigenvalue weighted by Crippen LogP contribution is 2.19. The van der Waals surface area contributed by atoms with Gasteiger partial charge in [-0.25, -0.2) is 0 Å². The molecule has 1 unspecified atom stereocenters. The molecule has 0 aliphatic rings. The summed E-state index contributed by atoms with van der Waals surface area (Å²) in [5.41, 5.74) is 0. The first kappa shape index (κ1) is 50.7. The Balaban J connectivity index is 4.44. The first-order chi connectivity index (χ1) is 25.6. The van der Waals surface area contributed by atoms with Gasteiger partial charge in [0.15, 0.2) is 0 Å². The van der Waals surface area contributed by atoms with Crippen LogP contribution in [0.4, 0.5) is 0 Å². The molecule has 5 heteroatoms. The van der Waals surface area contributed by atoms with E-state index in [0.717, 1.165) is 84.0 Å². The Kier molecular flexibility index (Phi) is 41.3. The molecular formula is C47H92N2O3. The molecule has 308 valence electrons. The van der Waals surface area contributed by atoms with E-state index in [0.29, 0.717) is 6.42 Å². The second-order valence-electron chi connectivity index (χ2n) is 15.8. The Morgan fingerprint density at radius 1 is 0.577 bits per heavy atom. The summed E-state index contributed by atoms with van der Waals surface area (Å²) < 4.78 is 6.06. The van der Waals surface area contributed by atoms with Crippen molar-refractivity contribution in [1.29, 1.82) is 0 Å². The SMILES string of the molecule is CC/C=C/C=C\NCCN(CCCCCCCC(=O)OC(CCCCCCCC)CCCCCCCC)CC(O)CCCCCCCCCCCC. The summed E-state index contributed by atoms with van der Waals surface area (Å²) in [7, 11) is 0. The zero-order valence-electron chi connectivity index (χ0n) is 35.6. The van der Waals surface area contributed by atoms with E-state index in [4.69, 9.17) is 4.74 Å². The molecule has 1 atom stereocenters. The highest BCUT2D eigenvalue weighted by atomic mass is 16.5. The number of unbranched alkanes of at least 4 members (excludes halogenated alkanes) is 23. The number of aliphatic hydroxyl groups excluding tert-OH is 1. The minimum absolute atomic E-state index is 0.0243. The summed E-state index contributed by atoms with van der Waals surface area (Å²) in [5, 5.41) is 14.3. The van der Waals surface area contributed by atoms with Crippen LogP contribution in [-0.4, -0.2) is 54.4 Å². The molecule has 0 radical (unpaired) electrons. The lowest BCUT2D eigenvalue weighted by atomic mass is 10.0. The van der Waals surface area contributed by atoms with E-state index in [9.17, 15) is 9.90 Å². The first-order valence-electron chi connectivity index (χ1n) is 23.2. The van der Waals surface area contributed by atoms with Crippen molar-refractivity contribution in [3.8, 4) is 0 Å². The van der Waals surface area contributed by atoms with Gasteiger partial charge < -0.3 is 15.2 Å². The number of esters is 1. The predicted octanol–water partition coefficient (Wildman–Crippen LogP) is 13.8. The summed E-state index contributed by atoms with van der Waals surface area (Å²) in [6.45, 7) is 12.6. The third-order valence-electron chi connectivity index (χ3n) is 10.5. The van der Waals surface area contributed by atoms with Crippen molar-refractivity contribution in [3.63, 3.8) is 0 Å². The number of aliphatic hydroxyl groups is 1. The number of carbonyl (C=O) groups is 1. The van der Waals surface area contributed by atoms with Crippen LogP contribution in [0, 0.1) is 0 Å². The molecule has 0 saturated heterocycles. The minimum Gasteiger partial charge on any atom is -0.462 e. The molecule has 0 amide bonds. The van der Waals surface area contributed by atoms with E-state index in [1.807, 2.05) is 6.20 Å². The molecule has 2 N–H and O–H groups in total. The van der Waals surface area contributed by atoms with Gasteiger partial charge in [-0.3, -0.25) is 9.69 Å². The smallest absolute Gasteiger partial charge is 0.306 e. The van der Waals surface area contributed by atoms with Gasteiger partial charge in [0.05, 0.1) is 6.10 Å². The lowest BCUT2D eigenvalue weighted by Crippen LogP contribution is -2.37. The Morgan fingerprint density at radius 3 is 1.56 bits per heavy atom. The third-order valence-corrected chi connectivity index (χ3v) is 10.5. The molecule has 0 fully saturated rings. The number of carbonyl (C=O) groups excluding carboxylic acids is 1. The van der Waals surface area contributed by atoms with Crippen molar-refractivity contribution in [2.24, 2.45) is 0 Å². The summed E-state index contributed by atoms with van der Waals surface area (Å²) in [6.07, 6.45) is 47.1. The van der Waals surface area contributed by atoms with E-state index < -0.39 is 0 Å². The number of hydrogen-bond donors (Lipinski definition) is 2. The van der Waals surface area contributed by atoms with E-state index in [1.165, 1.54) is 141 Å². The zero-order chi connectivity index (χ0) is 38.0. The summed E-state index contributed by atoms with van der Waals surface area (Å²) in [5.74, 6) is 0.0243. The Bertz CT molecular complexity index is 754. The van der Waals surface area contributed by atoms with Crippen LogP contribution in [-0.2, 0) is 9.53 Å². The van der Waals surface area contributed by atoms with E-state index >= 15 is 0 Å². The maximum Gasteiger partial charge on any atom is 0.306 e. The van der Waals surface area contributed by atoms with Gasteiger partial charge in [0.2, 0.25) is 0 Å². The summed E-state index contributed by atoms with van der Waals surface area (Å²) >= 11 is 0. The minimum atomic E-state index is -0.242. The lowest BCUT2D eigenvalue weighted by Gasteiger charge is -2.25. The second kappa shape index (κ2) is 42.4. The number of rotatable bonds is 42. The molecule has 0 heterocycles. The molecule has 0 rings (SSSR count). The average molecular weight is 733 g/mol. The largest absolute Gasteiger partial charge is 0.462 e. The molecule has 5 nitrogen and oxygen atoms in total. The Morgan fingerprint density at radius 2 is 1.04 bits per heavy atom. The molecule has 0 aliphatic heterocycles. The van der Waals surface area contributed by atoms with Crippen LogP contribution < -0.4 is 5.32 Å². The van der Waals surface area contributed by atoms with Crippen molar-refractivity contribution in [2.45, 2.75) is 245 Å². The molecule has 0 aromatic carbocycles. The molecule has 0 aromatic heterocycles. The number of allylic oxidation sites excluding steroid dienone is 3. The van der Waals surface area contributed by atoms with Gasteiger partial charge in [0.25, 0.3) is 0 Å². The maximum atomic E-state index is 12.8. The van der Waals surface area contributed by atoms with Gasteiger partial charge in [0.1, 0.15) is 6.10 Å². The number of nitrogens with one attached hydrogen (secondary N) is 1. The molecule has 0 aliphatic carbocycles. The van der Waals surface area contributed by atoms with Crippen LogP contribution in [0.1, 0.15) is 233 Å². The van der Waals surface area contributed by atoms with Crippen LogP contribution in [0.15, 0.2) is 24.4 Å². The quantitative estimate of drug-likeness (QED) is 0.0372. The average Bonchev–Trinajstić information content (AvgIpc) is 3.14. The molecule has 0 saturated carbocycles.